The average Bonchev–Trinajstić information content (AvgIpc) is 2.34. The lowest BCUT2D eigenvalue weighted by Crippen LogP contribution is -2.29. The van der Waals surface area contributed by atoms with E-state index in [1.54, 1.807) is 24.3 Å². The third kappa shape index (κ3) is 4.60. The van der Waals surface area contributed by atoms with Crippen LogP contribution in [-0.4, -0.2) is 35.9 Å². The van der Waals surface area contributed by atoms with Gasteiger partial charge in [-0.3, -0.25) is 4.84 Å². The van der Waals surface area contributed by atoms with E-state index in [-0.39, 0.29) is 6.61 Å². The van der Waals surface area contributed by atoms with E-state index >= 15 is 0 Å². The summed E-state index contributed by atoms with van der Waals surface area (Å²) in [6.45, 7) is -0.628. The van der Waals surface area contributed by atoms with Gasteiger partial charge in [0.1, 0.15) is 6.61 Å². The quantitative estimate of drug-likeness (QED) is 0.830. The van der Waals surface area contributed by atoms with Gasteiger partial charge in [0.05, 0.1) is 0 Å². The molecule has 7 heteroatoms. The van der Waals surface area contributed by atoms with E-state index in [9.17, 15) is 9.59 Å². The van der Waals surface area contributed by atoms with E-state index in [0.29, 0.717) is 15.6 Å². The number of hydroxylamine groups is 2. The molecule has 0 radical (unpaired) electrons. The Morgan fingerprint density at radius 3 is 2.67 bits per heavy atom. The summed E-state index contributed by atoms with van der Waals surface area (Å²) >= 11 is 5.88. The molecule has 0 aliphatic carbocycles. The number of nitrogens with zero attached hydrogens (tertiary/aromatic N) is 1. The first-order valence-corrected chi connectivity index (χ1v) is 5.37. The number of hydrogen-bond acceptors (Lipinski definition) is 4. The zero-order valence-corrected chi connectivity index (χ0v) is 10.4. The Labute approximate surface area is 109 Å². The van der Waals surface area contributed by atoms with Gasteiger partial charge in [0, 0.05) is 17.6 Å². The Balaban J connectivity index is 2.41. The molecule has 1 aromatic carbocycles. The molecule has 1 amide bonds. The number of amides is 1. The minimum atomic E-state index is -1.18. The van der Waals surface area contributed by atoms with Crippen molar-refractivity contribution in [3.63, 3.8) is 0 Å². The molecule has 0 aliphatic rings. The molecular weight excluding hydrogens is 262 g/mol. The van der Waals surface area contributed by atoms with Gasteiger partial charge < -0.3 is 9.84 Å². The van der Waals surface area contributed by atoms with Gasteiger partial charge in [-0.1, -0.05) is 29.8 Å². The van der Waals surface area contributed by atoms with Gasteiger partial charge in [-0.25, -0.2) is 9.59 Å². The molecule has 18 heavy (non-hydrogen) atoms. The summed E-state index contributed by atoms with van der Waals surface area (Å²) in [5.41, 5.74) is 0.652. The largest absolute Gasteiger partial charge is 0.479 e. The zero-order chi connectivity index (χ0) is 13.5. The summed E-state index contributed by atoms with van der Waals surface area (Å²) in [5.74, 6) is -1.18. The topological polar surface area (TPSA) is 76.1 Å². The second-order valence-corrected chi connectivity index (χ2v) is 3.72. The third-order valence-electron chi connectivity index (χ3n) is 1.95. The molecular formula is C11H12ClNO5. The van der Waals surface area contributed by atoms with E-state index in [4.69, 9.17) is 21.4 Å². The molecule has 98 valence electrons. The van der Waals surface area contributed by atoms with Crippen molar-refractivity contribution in [1.82, 2.24) is 5.06 Å². The molecule has 1 aromatic rings. The van der Waals surface area contributed by atoms with Crippen molar-refractivity contribution in [1.29, 1.82) is 0 Å². The SMILES string of the molecule is CN(OCC(=O)O)C(=O)OCc1ccccc1Cl. The lowest BCUT2D eigenvalue weighted by Gasteiger charge is -2.15. The van der Waals surface area contributed by atoms with Gasteiger partial charge in [-0.05, 0) is 6.07 Å². The summed E-state index contributed by atoms with van der Waals surface area (Å²) < 4.78 is 4.89. The molecule has 0 saturated heterocycles. The number of benzene rings is 1. The van der Waals surface area contributed by atoms with E-state index < -0.39 is 18.7 Å². The summed E-state index contributed by atoms with van der Waals surface area (Å²) in [6, 6.07) is 6.92. The smallest absolute Gasteiger partial charge is 0.434 e. The van der Waals surface area contributed by atoms with Crippen LogP contribution in [0.5, 0.6) is 0 Å². The second-order valence-electron chi connectivity index (χ2n) is 3.31. The number of hydrogen-bond donors (Lipinski definition) is 1. The third-order valence-corrected chi connectivity index (χ3v) is 2.32. The molecule has 0 fully saturated rings. The van der Waals surface area contributed by atoms with Crippen LogP contribution in [0.2, 0.25) is 5.02 Å². The van der Waals surface area contributed by atoms with Crippen LogP contribution >= 0.6 is 11.6 Å². The van der Waals surface area contributed by atoms with Crippen LogP contribution < -0.4 is 0 Å². The Hall–Kier alpha value is -1.79. The lowest BCUT2D eigenvalue weighted by atomic mass is 10.2. The molecule has 6 nitrogen and oxygen atoms in total. The Bertz CT molecular complexity index is 437. The minimum absolute atomic E-state index is 0.0146. The van der Waals surface area contributed by atoms with Crippen molar-refractivity contribution >= 4 is 23.7 Å². The predicted octanol–water partition coefficient (Wildman–Crippen LogP) is 1.92. The van der Waals surface area contributed by atoms with Crippen molar-refractivity contribution in [3.8, 4) is 0 Å². The molecule has 1 N–H and O–H groups in total. The molecule has 0 atom stereocenters. The number of aliphatic carboxylic acids is 1. The summed E-state index contributed by atoms with van der Waals surface area (Å²) in [7, 11) is 1.26. The van der Waals surface area contributed by atoms with E-state index in [1.807, 2.05) is 0 Å². The Kier molecular flexibility index (Phi) is 5.41. The normalized spacial score (nSPS) is 9.89. The average molecular weight is 274 g/mol. The van der Waals surface area contributed by atoms with Crippen molar-refractivity contribution in [2.45, 2.75) is 6.61 Å². The fraction of sp³-hybridized carbons (Fsp3) is 0.273. The van der Waals surface area contributed by atoms with Crippen LogP contribution in [0, 0.1) is 0 Å². The predicted molar refractivity (Wildman–Crippen MR) is 63.0 cm³/mol. The molecule has 0 unspecified atom stereocenters. The van der Waals surface area contributed by atoms with Crippen LogP contribution in [0.1, 0.15) is 5.56 Å². The summed E-state index contributed by atoms with van der Waals surface area (Å²) in [4.78, 5) is 26.2. The van der Waals surface area contributed by atoms with E-state index in [0.717, 1.165) is 0 Å². The first kappa shape index (κ1) is 14.3. The maximum atomic E-state index is 11.4. The molecule has 0 aliphatic heterocycles. The van der Waals surface area contributed by atoms with E-state index in [1.165, 1.54) is 7.05 Å². The molecule has 0 aromatic heterocycles. The summed E-state index contributed by atoms with van der Waals surface area (Å²) in [6.07, 6.45) is -0.795. The van der Waals surface area contributed by atoms with Gasteiger partial charge in [-0.2, -0.15) is 5.06 Å². The van der Waals surface area contributed by atoms with Crippen molar-refractivity contribution < 1.29 is 24.3 Å². The number of carboxylic acids is 1. The first-order valence-electron chi connectivity index (χ1n) is 4.99. The Morgan fingerprint density at radius 2 is 2.06 bits per heavy atom. The molecule has 0 bridgehead atoms. The van der Waals surface area contributed by atoms with E-state index in [2.05, 4.69) is 4.84 Å². The van der Waals surface area contributed by atoms with Gasteiger partial charge >= 0.3 is 12.1 Å². The van der Waals surface area contributed by atoms with Gasteiger partial charge in [0.15, 0.2) is 6.61 Å². The lowest BCUT2D eigenvalue weighted by molar-refractivity contribution is -0.163. The van der Waals surface area contributed by atoms with Crippen LogP contribution in [-0.2, 0) is 21.0 Å². The molecule has 1 rings (SSSR count). The maximum Gasteiger partial charge on any atom is 0.434 e. The highest BCUT2D eigenvalue weighted by Crippen LogP contribution is 2.15. The molecule has 0 spiro atoms. The fourth-order valence-electron chi connectivity index (χ4n) is 1.05. The number of ether oxygens (including phenoxy) is 1. The highest BCUT2D eigenvalue weighted by molar-refractivity contribution is 6.31. The van der Waals surface area contributed by atoms with Crippen molar-refractivity contribution in [2.24, 2.45) is 0 Å². The zero-order valence-electron chi connectivity index (χ0n) is 9.63. The number of halogens is 1. The van der Waals surface area contributed by atoms with Gasteiger partial charge in [0.25, 0.3) is 0 Å². The highest BCUT2D eigenvalue weighted by Gasteiger charge is 2.13. The highest BCUT2D eigenvalue weighted by atomic mass is 35.5. The monoisotopic (exact) mass is 273 g/mol. The molecule has 0 saturated carbocycles. The van der Waals surface area contributed by atoms with Crippen molar-refractivity contribution in [3.05, 3.63) is 34.9 Å². The van der Waals surface area contributed by atoms with Crippen LogP contribution in [0.3, 0.4) is 0 Å². The summed E-state index contributed by atoms with van der Waals surface area (Å²) in [5, 5.41) is 9.57. The Morgan fingerprint density at radius 1 is 1.39 bits per heavy atom. The van der Waals surface area contributed by atoms with Gasteiger partial charge in [0.2, 0.25) is 0 Å². The number of rotatable bonds is 5. The molecule has 0 heterocycles. The first-order chi connectivity index (χ1) is 8.50. The standard InChI is InChI=1S/C11H12ClNO5/c1-13(18-7-10(14)15)11(16)17-6-8-4-2-3-5-9(8)12/h2-5H,6-7H2,1H3,(H,14,15). The maximum absolute atomic E-state index is 11.4. The number of carbonyl (C=O) groups excluding carboxylic acids is 1. The number of carboxylic acid groups (broad SMARTS) is 1. The van der Waals surface area contributed by atoms with Crippen LogP contribution in [0.15, 0.2) is 24.3 Å². The van der Waals surface area contributed by atoms with Crippen molar-refractivity contribution in [2.75, 3.05) is 13.7 Å². The number of carbonyl (C=O) groups is 2. The fourth-order valence-corrected chi connectivity index (χ4v) is 1.24. The second kappa shape index (κ2) is 6.83. The minimum Gasteiger partial charge on any atom is -0.479 e. The van der Waals surface area contributed by atoms with Crippen LogP contribution in [0.25, 0.3) is 0 Å². The van der Waals surface area contributed by atoms with Gasteiger partial charge in [-0.15, -0.1) is 0 Å². The van der Waals surface area contributed by atoms with Crippen LogP contribution in [0.4, 0.5) is 4.79 Å².